The summed E-state index contributed by atoms with van der Waals surface area (Å²) in [4.78, 5) is 4.38. The zero-order valence-electron chi connectivity index (χ0n) is 15.0. The van der Waals surface area contributed by atoms with Gasteiger partial charge >= 0.3 is 0 Å². The first kappa shape index (κ1) is 20.3. The third-order valence-corrected chi connectivity index (χ3v) is 4.63. The summed E-state index contributed by atoms with van der Waals surface area (Å²) in [6.45, 7) is 5.15. The van der Waals surface area contributed by atoms with Crippen molar-refractivity contribution in [2.75, 3.05) is 7.05 Å². The number of rotatable bonds is 5. The fourth-order valence-electron chi connectivity index (χ4n) is 3.40. The van der Waals surface area contributed by atoms with Gasteiger partial charge in [-0.25, -0.2) is 0 Å². The Kier molecular flexibility index (Phi) is 8.94. The summed E-state index contributed by atoms with van der Waals surface area (Å²) in [6, 6.07) is 0.574. The maximum absolute atomic E-state index is 4.64. The molecule has 0 aliphatic heterocycles. The van der Waals surface area contributed by atoms with Crippen LogP contribution in [0.3, 0.4) is 0 Å². The summed E-state index contributed by atoms with van der Waals surface area (Å²) in [5.74, 6) is 0.917. The minimum absolute atomic E-state index is 0. The van der Waals surface area contributed by atoms with Gasteiger partial charge in [0.05, 0.1) is 5.69 Å². The molecule has 1 saturated carbocycles. The van der Waals surface area contributed by atoms with E-state index in [0.717, 1.165) is 25.3 Å². The molecule has 2 N–H and O–H groups in total. The Morgan fingerprint density at radius 3 is 2.48 bits per heavy atom. The molecule has 23 heavy (non-hydrogen) atoms. The number of aryl methyl sites for hydroxylation is 2. The monoisotopic (exact) mass is 433 g/mol. The molecule has 132 valence electrons. The van der Waals surface area contributed by atoms with Crippen LogP contribution in [0.2, 0.25) is 0 Å². The number of aromatic nitrogens is 2. The number of aliphatic imine (C=N–C) groups is 1. The second-order valence-electron chi connectivity index (χ2n) is 6.11. The highest BCUT2D eigenvalue weighted by molar-refractivity contribution is 14.0. The van der Waals surface area contributed by atoms with Gasteiger partial charge in [-0.2, -0.15) is 5.10 Å². The Morgan fingerprint density at radius 2 is 1.91 bits per heavy atom. The average Bonchev–Trinajstić information content (AvgIpc) is 2.87. The van der Waals surface area contributed by atoms with E-state index in [4.69, 9.17) is 0 Å². The molecule has 1 heterocycles. The maximum Gasteiger partial charge on any atom is 0.191 e. The zero-order chi connectivity index (χ0) is 15.9. The molecule has 0 amide bonds. The summed E-state index contributed by atoms with van der Waals surface area (Å²) in [6.07, 6.45) is 8.53. The first-order valence-electron chi connectivity index (χ1n) is 8.70. The van der Waals surface area contributed by atoms with Gasteiger partial charge in [0.25, 0.3) is 0 Å². The second kappa shape index (κ2) is 10.2. The largest absolute Gasteiger partial charge is 0.354 e. The molecular weight excluding hydrogens is 401 g/mol. The number of hydrogen-bond donors (Lipinski definition) is 2. The van der Waals surface area contributed by atoms with Crippen LogP contribution in [0, 0.1) is 0 Å². The highest BCUT2D eigenvalue weighted by Gasteiger charge is 2.16. The lowest BCUT2D eigenvalue weighted by Crippen LogP contribution is -2.44. The van der Waals surface area contributed by atoms with Crippen molar-refractivity contribution < 1.29 is 0 Å². The molecule has 0 spiro atoms. The minimum Gasteiger partial charge on any atom is -0.354 e. The Morgan fingerprint density at radius 1 is 1.22 bits per heavy atom. The molecule has 0 saturated heterocycles. The fourth-order valence-corrected chi connectivity index (χ4v) is 3.40. The van der Waals surface area contributed by atoms with Crippen molar-refractivity contribution in [3.63, 3.8) is 0 Å². The van der Waals surface area contributed by atoms with Gasteiger partial charge in [0.1, 0.15) is 0 Å². The second-order valence-corrected chi connectivity index (χ2v) is 6.11. The topological polar surface area (TPSA) is 54.2 Å². The third kappa shape index (κ3) is 5.36. The van der Waals surface area contributed by atoms with Crippen LogP contribution in [-0.4, -0.2) is 28.8 Å². The van der Waals surface area contributed by atoms with Gasteiger partial charge in [-0.15, -0.1) is 24.0 Å². The lowest BCUT2D eigenvalue weighted by molar-refractivity contribution is 0.410. The van der Waals surface area contributed by atoms with E-state index in [1.807, 2.05) is 18.8 Å². The standard InChI is InChI=1S/C17H31N5.HI/c1-5-15-14(16(6-2)22(4)21-15)12-19-17(18-3)20-13-10-8-7-9-11-13;/h13H,5-12H2,1-4H3,(H2,18,19,20);1H. The van der Waals surface area contributed by atoms with Crippen molar-refractivity contribution in [1.29, 1.82) is 0 Å². The van der Waals surface area contributed by atoms with E-state index in [1.165, 1.54) is 49.1 Å². The first-order chi connectivity index (χ1) is 10.7. The van der Waals surface area contributed by atoms with Crippen LogP contribution in [0.5, 0.6) is 0 Å². The molecule has 0 radical (unpaired) electrons. The van der Waals surface area contributed by atoms with Gasteiger partial charge in [-0.1, -0.05) is 33.1 Å². The summed E-state index contributed by atoms with van der Waals surface area (Å²) in [5, 5.41) is 11.7. The molecule has 1 fully saturated rings. The molecular formula is C17H32IN5. The van der Waals surface area contributed by atoms with Crippen LogP contribution >= 0.6 is 24.0 Å². The predicted molar refractivity (Wildman–Crippen MR) is 108 cm³/mol. The SMILES string of the molecule is CCc1nn(C)c(CC)c1CNC(=NC)NC1CCCCC1.I. The van der Waals surface area contributed by atoms with E-state index in [0.29, 0.717) is 6.04 Å². The van der Waals surface area contributed by atoms with Crippen LogP contribution < -0.4 is 10.6 Å². The molecule has 0 aromatic carbocycles. The van der Waals surface area contributed by atoms with Gasteiger partial charge in [-0.3, -0.25) is 9.67 Å². The number of halogens is 1. The molecule has 1 aromatic rings. The summed E-state index contributed by atoms with van der Waals surface area (Å²) in [7, 11) is 3.89. The van der Waals surface area contributed by atoms with E-state index < -0.39 is 0 Å². The number of nitrogens with zero attached hydrogens (tertiary/aromatic N) is 3. The van der Waals surface area contributed by atoms with E-state index in [-0.39, 0.29) is 24.0 Å². The number of guanidine groups is 1. The van der Waals surface area contributed by atoms with E-state index in [1.54, 1.807) is 0 Å². The fraction of sp³-hybridized carbons (Fsp3) is 0.765. The van der Waals surface area contributed by atoms with Gasteiger partial charge in [0.2, 0.25) is 0 Å². The van der Waals surface area contributed by atoms with E-state index >= 15 is 0 Å². The van der Waals surface area contributed by atoms with Crippen molar-refractivity contribution in [3.8, 4) is 0 Å². The Labute approximate surface area is 157 Å². The Hall–Kier alpha value is -0.790. The van der Waals surface area contributed by atoms with Gasteiger partial charge in [-0.05, 0) is 25.7 Å². The predicted octanol–water partition coefficient (Wildman–Crippen LogP) is 3.16. The molecule has 5 nitrogen and oxygen atoms in total. The molecule has 1 aliphatic rings. The van der Waals surface area contributed by atoms with Crippen molar-refractivity contribution in [3.05, 3.63) is 17.0 Å². The lowest BCUT2D eigenvalue weighted by atomic mass is 9.96. The summed E-state index contributed by atoms with van der Waals surface area (Å²) >= 11 is 0. The van der Waals surface area contributed by atoms with Gasteiger partial charge < -0.3 is 10.6 Å². The van der Waals surface area contributed by atoms with Crippen LogP contribution in [0.25, 0.3) is 0 Å². The third-order valence-electron chi connectivity index (χ3n) is 4.63. The maximum atomic E-state index is 4.64. The zero-order valence-corrected chi connectivity index (χ0v) is 17.3. The first-order valence-corrected chi connectivity index (χ1v) is 8.70. The van der Waals surface area contributed by atoms with Gasteiger partial charge in [0, 0.05) is 37.9 Å². The molecule has 1 aliphatic carbocycles. The van der Waals surface area contributed by atoms with Crippen molar-refractivity contribution >= 4 is 29.9 Å². The van der Waals surface area contributed by atoms with Crippen molar-refractivity contribution in [2.24, 2.45) is 12.0 Å². The molecule has 2 rings (SSSR count). The number of nitrogens with one attached hydrogen (secondary N) is 2. The average molecular weight is 433 g/mol. The number of hydrogen-bond acceptors (Lipinski definition) is 2. The van der Waals surface area contributed by atoms with Crippen molar-refractivity contribution in [2.45, 2.75) is 71.4 Å². The normalized spacial score (nSPS) is 16.1. The Bertz CT molecular complexity index is 503. The summed E-state index contributed by atoms with van der Waals surface area (Å²) < 4.78 is 2.02. The van der Waals surface area contributed by atoms with Crippen LogP contribution in [0.1, 0.15) is 62.9 Å². The molecule has 0 bridgehead atoms. The lowest BCUT2D eigenvalue weighted by Gasteiger charge is -2.25. The summed E-state index contributed by atoms with van der Waals surface area (Å²) in [5.41, 5.74) is 3.84. The van der Waals surface area contributed by atoms with Crippen LogP contribution in [0.4, 0.5) is 0 Å². The van der Waals surface area contributed by atoms with Gasteiger partial charge in [0.15, 0.2) is 5.96 Å². The van der Waals surface area contributed by atoms with Crippen LogP contribution in [-0.2, 0) is 26.4 Å². The molecule has 0 unspecified atom stereocenters. The molecule has 6 heteroatoms. The quantitative estimate of drug-likeness (QED) is 0.426. The molecule has 0 atom stereocenters. The highest BCUT2D eigenvalue weighted by Crippen LogP contribution is 2.18. The Balaban J connectivity index is 0.00000264. The highest BCUT2D eigenvalue weighted by atomic mass is 127. The van der Waals surface area contributed by atoms with E-state index in [2.05, 4.69) is 34.6 Å². The van der Waals surface area contributed by atoms with Crippen molar-refractivity contribution in [1.82, 2.24) is 20.4 Å². The minimum atomic E-state index is 0. The van der Waals surface area contributed by atoms with Crippen LogP contribution in [0.15, 0.2) is 4.99 Å². The van der Waals surface area contributed by atoms with E-state index in [9.17, 15) is 0 Å². The smallest absolute Gasteiger partial charge is 0.191 e. The molecule has 1 aromatic heterocycles.